The lowest BCUT2D eigenvalue weighted by molar-refractivity contribution is 0.491. The molecule has 0 atom stereocenters. The Morgan fingerprint density at radius 1 is 1.64 bits per heavy atom. The maximum Gasteiger partial charge on any atom is 0.227 e. The van der Waals surface area contributed by atoms with E-state index in [4.69, 9.17) is 16.9 Å². The Morgan fingerprint density at radius 2 is 2.18 bits per heavy atom. The molecule has 0 N–H and O–H groups in total. The fourth-order valence-electron chi connectivity index (χ4n) is 0.450. The van der Waals surface area contributed by atoms with Crippen molar-refractivity contribution in [3.05, 3.63) is 0 Å². The largest absolute Gasteiger partial charge is 0.227 e. The lowest BCUT2D eigenvalue weighted by Crippen LogP contribution is -2.30. The van der Waals surface area contributed by atoms with Crippen LogP contribution in [0.1, 0.15) is 0 Å². The molecule has 0 saturated carbocycles. The smallest absolute Gasteiger partial charge is 0.211 e. The van der Waals surface area contributed by atoms with Gasteiger partial charge in [-0.1, -0.05) is 0 Å². The number of alkyl halides is 1. The van der Waals surface area contributed by atoms with Crippen molar-refractivity contribution in [2.75, 3.05) is 25.2 Å². The van der Waals surface area contributed by atoms with Crippen molar-refractivity contribution in [1.82, 2.24) is 4.31 Å². The summed E-state index contributed by atoms with van der Waals surface area (Å²) in [6, 6.07) is 1.57. The Bertz CT molecular complexity index is 244. The standard InChI is InChI=1S/C5H9ClN2O2S/c1-8(4-2-6)11(9,10)5-3-7/h2,4-5H2,1H3. The Morgan fingerprint density at radius 3 is 2.55 bits per heavy atom. The summed E-state index contributed by atoms with van der Waals surface area (Å²) in [7, 11) is -1.99. The molecule has 0 aliphatic carbocycles. The summed E-state index contributed by atoms with van der Waals surface area (Å²) >= 11 is 5.31. The van der Waals surface area contributed by atoms with Crippen LogP contribution in [0.2, 0.25) is 0 Å². The molecule has 0 rings (SSSR count). The van der Waals surface area contributed by atoms with Gasteiger partial charge in [-0.05, 0) is 0 Å². The van der Waals surface area contributed by atoms with E-state index >= 15 is 0 Å². The minimum Gasteiger partial charge on any atom is -0.211 e. The summed E-state index contributed by atoms with van der Waals surface area (Å²) in [5, 5.41) is 8.13. The van der Waals surface area contributed by atoms with Crippen molar-refractivity contribution in [2.45, 2.75) is 0 Å². The van der Waals surface area contributed by atoms with E-state index < -0.39 is 15.8 Å². The maximum absolute atomic E-state index is 11.0. The third kappa shape index (κ3) is 3.56. The minimum atomic E-state index is -3.38. The van der Waals surface area contributed by atoms with Crippen molar-refractivity contribution >= 4 is 21.6 Å². The van der Waals surface area contributed by atoms with E-state index in [1.54, 1.807) is 6.07 Å². The molecule has 0 saturated heterocycles. The van der Waals surface area contributed by atoms with Gasteiger partial charge in [-0.15, -0.1) is 11.6 Å². The van der Waals surface area contributed by atoms with E-state index in [1.165, 1.54) is 7.05 Å². The van der Waals surface area contributed by atoms with Gasteiger partial charge in [-0.3, -0.25) is 0 Å². The molecule has 0 spiro atoms. The number of hydrogen-bond donors (Lipinski definition) is 0. The predicted molar refractivity (Wildman–Crippen MR) is 42.7 cm³/mol. The van der Waals surface area contributed by atoms with Gasteiger partial charge >= 0.3 is 0 Å². The van der Waals surface area contributed by atoms with Gasteiger partial charge in [0, 0.05) is 19.5 Å². The van der Waals surface area contributed by atoms with E-state index in [0.29, 0.717) is 0 Å². The molecular formula is C5H9ClN2O2S. The molecule has 0 unspecified atom stereocenters. The third-order valence-electron chi connectivity index (χ3n) is 1.12. The molecule has 4 nitrogen and oxygen atoms in total. The Hall–Kier alpha value is -0.310. The minimum absolute atomic E-state index is 0.237. The van der Waals surface area contributed by atoms with Crippen molar-refractivity contribution in [1.29, 1.82) is 5.26 Å². The summed E-state index contributed by atoms with van der Waals surface area (Å²) in [5.74, 6) is -0.248. The molecule has 11 heavy (non-hydrogen) atoms. The van der Waals surface area contributed by atoms with Crippen LogP contribution in [0.4, 0.5) is 0 Å². The fraction of sp³-hybridized carbons (Fsp3) is 0.800. The highest BCUT2D eigenvalue weighted by atomic mass is 35.5. The van der Waals surface area contributed by atoms with E-state index in [0.717, 1.165) is 4.31 Å². The lowest BCUT2D eigenvalue weighted by atomic mass is 10.8. The second-order valence-corrected chi connectivity index (χ2v) is 4.38. The zero-order valence-corrected chi connectivity index (χ0v) is 7.69. The highest BCUT2D eigenvalue weighted by Gasteiger charge is 2.15. The highest BCUT2D eigenvalue weighted by molar-refractivity contribution is 7.89. The summed E-state index contributed by atoms with van der Waals surface area (Å²) in [5.41, 5.74) is 0. The first-order chi connectivity index (χ1) is 5.04. The zero-order valence-electron chi connectivity index (χ0n) is 6.12. The van der Waals surface area contributed by atoms with Crippen LogP contribution in [0.5, 0.6) is 0 Å². The molecule has 0 aromatic carbocycles. The van der Waals surface area contributed by atoms with Crippen LogP contribution in [0.3, 0.4) is 0 Å². The molecular weight excluding hydrogens is 188 g/mol. The van der Waals surface area contributed by atoms with Crippen LogP contribution >= 0.6 is 11.6 Å². The second kappa shape index (κ2) is 4.54. The summed E-state index contributed by atoms with van der Waals surface area (Å²) in [6.45, 7) is 0.242. The SMILES string of the molecule is CN(CCCl)S(=O)(=O)CC#N. The third-order valence-corrected chi connectivity index (χ3v) is 2.92. The first kappa shape index (κ1) is 10.7. The first-order valence-corrected chi connectivity index (χ1v) is 5.06. The quantitative estimate of drug-likeness (QED) is 0.596. The number of halogens is 1. The van der Waals surface area contributed by atoms with Gasteiger partial charge < -0.3 is 0 Å². The van der Waals surface area contributed by atoms with Crippen LogP contribution in [-0.4, -0.2) is 37.9 Å². The molecule has 0 fully saturated rings. The predicted octanol–water partition coefficient (Wildman–Crippen LogP) is 0.0104. The second-order valence-electron chi connectivity index (χ2n) is 1.92. The molecule has 0 aliphatic rings. The molecule has 0 aromatic rings. The van der Waals surface area contributed by atoms with Crippen molar-refractivity contribution in [2.24, 2.45) is 0 Å². The molecule has 0 aliphatic heterocycles. The number of sulfonamides is 1. The van der Waals surface area contributed by atoms with Gasteiger partial charge in [-0.2, -0.15) is 5.26 Å². The van der Waals surface area contributed by atoms with Crippen molar-refractivity contribution < 1.29 is 8.42 Å². The van der Waals surface area contributed by atoms with E-state index in [1.807, 2.05) is 0 Å². The molecule has 0 radical (unpaired) electrons. The van der Waals surface area contributed by atoms with Gasteiger partial charge in [0.05, 0.1) is 6.07 Å². The average molecular weight is 197 g/mol. The Kier molecular flexibility index (Phi) is 4.42. The Balaban J connectivity index is 4.21. The van der Waals surface area contributed by atoms with Crippen molar-refractivity contribution in [3.63, 3.8) is 0 Å². The maximum atomic E-state index is 11.0. The van der Waals surface area contributed by atoms with Crippen LogP contribution < -0.4 is 0 Å². The summed E-state index contributed by atoms with van der Waals surface area (Å²) in [6.07, 6.45) is 0. The van der Waals surface area contributed by atoms with Crippen LogP contribution in [0.25, 0.3) is 0 Å². The molecule has 0 amide bonds. The highest BCUT2D eigenvalue weighted by Crippen LogP contribution is 1.96. The number of rotatable bonds is 4. The van der Waals surface area contributed by atoms with Crippen LogP contribution in [0, 0.1) is 11.3 Å². The average Bonchev–Trinajstić information content (AvgIpc) is 1.88. The van der Waals surface area contributed by atoms with Gasteiger partial charge in [-0.25, -0.2) is 12.7 Å². The van der Waals surface area contributed by atoms with Gasteiger partial charge in [0.1, 0.15) is 0 Å². The van der Waals surface area contributed by atoms with Crippen LogP contribution in [-0.2, 0) is 10.0 Å². The summed E-state index contributed by atoms with van der Waals surface area (Å²) in [4.78, 5) is 0. The number of nitrogens with zero attached hydrogens (tertiary/aromatic N) is 2. The van der Waals surface area contributed by atoms with Gasteiger partial charge in [0.2, 0.25) is 10.0 Å². The molecule has 0 heterocycles. The number of hydrogen-bond acceptors (Lipinski definition) is 3. The molecule has 64 valence electrons. The monoisotopic (exact) mass is 196 g/mol. The molecule has 0 aromatic heterocycles. The zero-order chi connectivity index (χ0) is 8.91. The van der Waals surface area contributed by atoms with Crippen LogP contribution in [0.15, 0.2) is 0 Å². The Labute approximate surface area is 71.4 Å². The normalized spacial score (nSPS) is 11.5. The van der Waals surface area contributed by atoms with E-state index in [9.17, 15) is 8.42 Å². The number of nitriles is 1. The fourth-order valence-corrected chi connectivity index (χ4v) is 1.56. The topological polar surface area (TPSA) is 61.2 Å². The molecule has 0 bridgehead atoms. The van der Waals surface area contributed by atoms with E-state index in [2.05, 4.69) is 0 Å². The summed E-state index contributed by atoms with van der Waals surface area (Å²) < 4.78 is 23.0. The first-order valence-electron chi connectivity index (χ1n) is 2.91. The molecule has 6 heteroatoms. The van der Waals surface area contributed by atoms with Gasteiger partial charge in [0.15, 0.2) is 5.75 Å². The van der Waals surface area contributed by atoms with Crippen molar-refractivity contribution in [3.8, 4) is 6.07 Å². The van der Waals surface area contributed by atoms with E-state index in [-0.39, 0.29) is 12.4 Å². The lowest BCUT2D eigenvalue weighted by Gasteiger charge is -2.12. The van der Waals surface area contributed by atoms with Gasteiger partial charge in [0.25, 0.3) is 0 Å².